The fourth-order valence-electron chi connectivity index (χ4n) is 3.63. The fraction of sp³-hybridized carbons (Fsp3) is 0.579. The quantitative estimate of drug-likeness (QED) is 0.863. The molecular formula is C19H28N4O3. The number of nitrogens with one attached hydrogen (secondary N) is 1. The van der Waals surface area contributed by atoms with Gasteiger partial charge in [-0.1, -0.05) is 0 Å². The predicted octanol–water partition coefficient (Wildman–Crippen LogP) is 0.871. The van der Waals surface area contributed by atoms with Crippen LogP contribution in [-0.2, 0) is 9.59 Å². The first-order chi connectivity index (χ1) is 12.3. The Morgan fingerprint density at radius 2 is 1.81 bits per heavy atom. The number of piperazine rings is 2. The summed E-state index contributed by atoms with van der Waals surface area (Å²) in [5.74, 6) is 0.888. The number of nitrogens with zero attached hydrogens (tertiary/aromatic N) is 3. The van der Waals surface area contributed by atoms with Gasteiger partial charge in [0.15, 0.2) is 0 Å². The molecule has 2 fully saturated rings. The molecule has 0 saturated carbocycles. The Hall–Kier alpha value is -2.28. The maximum absolute atomic E-state index is 13.1. The fourth-order valence-corrected chi connectivity index (χ4v) is 3.63. The van der Waals surface area contributed by atoms with E-state index in [4.69, 9.17) is 4.74 Å². The van der Waals surface area contributed by atoms with Crippen LogP contribution in [0.5, 0.6) is 5.75 Å². The Balaban J connectivity index is 1.67. The van der Waals surface area contributed by atoms with Crippen LogP contribution in [0.15, 0.2) is 24.3 Å². The van der Waals surface area contributed by atoms with Crippen molar-refractivity contribution in [2.24, 2.45) is 0 Å². The number of carbonyl (C=O) groups excluding carboxylic acids is 2. The van der Waals surface area contributed by atoms with E-state index < -0.39 is 5.54 Å². The zero-order valence-electron chi connectivity index (χ0n) is 16.0. The molecule has 0 unspecified atom stereocenters. The van der Waals surface area contributed by atoms with Crippen LogP contribution in [0.3, 0.4) is 0 Å². The summed E-state index contributed by atoms with van der Waals surface area (Å²) < 4.78 is 5.17. The first kappa shape index (κ1) is 18.5. The lowest BCUT2D eigenvalue weighted by Crippen LogP contribution is -2.66. The number of hydrogen-bond donors (Lipinski definition) is 1. The summed E-state index contributed by atoms with van der Waals surface area (Å²) in [6.45, 7) is 7.24. The average Bonchev–Trinajstić information content (AvgIpc) is 2.64. The van der Waals surface area contributed by atoms with Gasteiger partial charge in [-0.05, 0) is 38.1 Å². The molecule has 2 aliphatic heterocycles. The molecule has 2 amide bonds. The Labute approximate surface area is 154 Å². The second kappa shape index (κ2) is 7.15. The molecule has 142 valence electrons. The zero-order chi connectivity index (χ0) is 18.9. The third kappa shape index (κ3) is 3.62. The normalized spacial score (nSPS) is 21.4. The lowest BCUT2D eigenvalue weighted by molar-refractivity contribution is -0.148. The van der Waals surface area contributed by atoms with E-state index in [1.165, 1.54) is 0 Å². The minimum Gasteiger partial charge on any atom is -0.497 e. The Bertz CT molecular complexity index is 674. The van der Waals surface area contributed by atoms with E-state index in [0.717, 1.165) is 31.1 Å². The number of hydrogen-bond acceptors (Lipinski definition) is 5. The van der Waals surface area contributed by atoms with Gasteiger partial charge in [0.25, 0.3) is 0 Å². The van der Waals surface area contributed by atoms with Gasteiger partial charge in [-0.25, -0.2) is 0 Å². The van der Waals surface area contributed by atoms with E-state index >= 15 is 0 Å². The summed E-state index contributed by atoms with van der Waals surface area (Å²) in [4.78, 5) is 31.3. The smallest absolute Gasteiger partial charge is 0.247 e. The predicted molar refractivity (Wildman–Crippen MR) is 100 cm³/mol. The standard InChI is InChI=1S/C19H28N4O3/c1-19(2,20-14-5-7-15(26-4)8-6-14)18(25)23-12-11-22-10-9-21(3)17(24)16(22)13-23/h5-8,16,20H,9-13H2,1-4H3/t16-/m1/s1. The molecule has 7 nitrogen and oxygen atoms in total. The molecule has 0 bridgehead atoms. The Morgan fingerprint density at radius 1 is 1.15 bits per heavy atom. The van der Waals surface area contributed by atoms with Crippen LogP contribution >= 0.6 is 0 Å². The minimum absolute atomic E-state index is 0.00833. The minimum atomic E-state index is -0.764. The highest BCUT2D eigenvalue weighted by atomic mass is 16.5. The molecule has 3 rings (SSSR count). The van der Waals surface area contributed by atoms with E-state index in [1.54, 1.807) is 12.0 Å². The van der Waals surface area contributed by atoms with Gasteiger partial charge in [-0.15, -0.1) is 0 Å². The number of anilines is 1. The SMILES string of the molecule is COc1ccc(NC(C)(C)C(=O)N2CCN3CCN(C)C(=O)[C@H]3C2)cc1. The molecule has 0 aromatic heterocycles. The number of methoxy groups -OCH3 is 1. The first-order valence-corrected chi connectivity index (χ1v) is 9.02. The number of likely N-dealkylation sites (N-methyl/N-ethyl adjacent to an activating group) is 1. The van der Waals surface area contributed by atoms with Crippen molar-refractivity contribution in [2.45, 2.75) is 25.4 Å². The van der Waals surface area contributed by atoms with Crippen LogP contribution < -0.4 is 10.1 Å². The molecule has 0 radical (unpaired) electrons. The maximum Gasteiger partial charge on any atom is 0.247 e. The topological polar surface area (TPSA) is 65.1 Å². The highest BCUT2D eigenvalue weighted by molar-refractivity contribution is 5.90. The first-order valence-electron chi connectivity index (χ1n) is 9.02. The summed E-state index contributed by atoms with van der Waals surface area (Å²) in [7, 11) is 3.45. The molecule has 1 aromatic rings. The number of ether oxygens (including phenoxy) is 1. The lowest BCUT2D eigenvalue weighted by Gasteiger charge is -2.46. The molecule has 26 heavy (non-hydrogen) atoms. The van der Waals surface area contributed by atoms with Crippen molar-refractivity contribution in [3.63, 3.8) is 0 Å². The van der Waals surface area contributed by atoms with Crippen LogP contribution in [0.2, 0.25) is 0 Å². The summed E-state index contributed by atoms with van der Waals surface area (Å²) in [5, 5.41) is 3.30. The van der Waals surface area contributed by atoms with Crippen LogP contribution in [0.25, 0.3) is 0 Å². The number of amides is 2. The molecule has 0 spiro atoms. The molecule has 0 aliphatic carbocycles. The van der Waals surface area contributed by atoms with E-state index in [9.17, 15) is 9.59 Å². The third-order valence-corrected chi connectivity index (χ3v) is 5.24. The molecule has 2 heterocycles. The monoisotopic (exact) mass is 360 g/mol. The van der Waals surface area contributed by atoms with Crippen molar-refractivity contribution in [1.29, 1.82) is 0 Å². The average molecular weight is 360 g/mol. The summed E-state index contributed by atoms with van der Waals surface area (Å²) in [5.41, 5.74) is 0.0941. The van der Waals surface area contributed by atoms with E-state index in [2.05, 4.69) is 10.2 Å². The number of rotatable bonds is 4. The summed E-state index contributed by atoms with van der Waals surface area (Å²) in [6, 6.07) is 7.29. The number of benzene rings is 1. The molecule has 7 heteroatoms. The van der Waals surface area contributed by atoms with Crippen LogP contribution in [0, 0.1) is 0 Å². The van der Waals surface area contributed by atoms with Gasteiger partial charge in [0.1, 0.15) is 17.3 Å². The molecule has 1 N–H and O–H groups in total. The van der Waals surface area contributed by atoms with Gasteiger partial charge in [0.05, 0.1) is 7.11 Å². The Kier molecular flexibility index (Phi) is 5.09. The summed E-state index contributed by atoms with van der Waals surface area (Å²) in [6.07, 6.45) is 0. The molecule has 1 atom stereocenters. The van der Waals surface area contributed by atoms with Gasteiger partial charge < -0.3 is 19.9 Å². The molecular weight excluding hydrogens is 332 g/mol. The van der Waals surface area contributed by atoms with Crippen molar-refractivity contribution in [1.82, 2.24) is 14.7 Å². The molecule has 1 aromatic carbocycles. The van der Waals surface area contributed by atoms with Gasteiger partial charge in [0.2, 0.25) is 11.8 Å². The lowest BCUT2D eigenvalue weighted by atomic mass is 10.00. The third-order valence-electron chi connectivity index (χ3n) is 5.24. The van der Waals surface area contributed by atoms with Crippen molar-refractivity contribution < 1.29 is 14.3 Å². The van der Waals surface area contributed by atoms with Crippen molar-refractivity contribution >= 4 is 17.5 Å². The largest absolute Gasteiger partial charge is 0.497 e. The van der Waals surface area contributed by atoms with Crippen LogP contribution in [0.1, 0.15) is 13.8 Å². The summed E-state index contributed by atoms with van der Waals surface area (Å²) >= 11 is 0. The van der Waals surface area contributed by atoms with Gasteiger partial charge in [-0.2, -0.15) is 0 Å². The Morgan fingerprint density at radius 3 is 2.46 bits per heavy atom. The maximum atomic E-state index is 13.1. The van der Waals surface area contributed by atoms with Gasteiger partial charge in [0, 0.05) is 45.5 Å². The molecule has 2 saturated heterocycles. The second-order valence-electron chi connectivity index (χ2n) is 7.54. The van der Waals surface area contributed by atoms with Gasteiger partial charge >= 0.3 is 0 Å². The molecule has 2 aliphatic rings. The van der Waals surface area contributed by atoms with Crippen molar-refractivity contribution in [3.05, 3.63) is 24.3 Å². The van der Waals surface area contributed by atoms with E-state index in [-0.39, 0.29) is 17.9 Å². The second-order valence-corrected chi connectivity index (χ2v) is 7.54. The van der Waals surface area contributed by atoms with E-state index in [0.29, 0.717) is 13.1 Å². The number of carbonyl (C=O) groups is 2. The van der Waals surface area contributed by atoms with E-state index in [1.807, 2.05) is 50.1 Å². The number of fused-ring (bicyclic) bond motifs is 1. The van der Waals surface area contributed by atoms with Crippen LogP contribution in [0.4, 0.5) is 5.69 Å². The highest BCUT2D eigenvalue weighted by Crippen LogP contribution is 2.23. The van der Waals surface area contributed by atoms with Crippen molar-refractivity contribution in [3.8, 4) is 5.75 Å². The zero-order valence-corrected chi connectivity index (χ0v) is 16.0. The van der Waals surface area contributed by atoms with Gasteiger partial charge in [-0.3, -0.25) is 14.5 Å². The van der Waals surface area contributed by atoms with Crippen LogP contribution in [-0.4, -0.2) is 85.0 Å². The van der Waals surface area contributed by atoms with Crippen molar-refractivity contribution in [2.75, 3.05) is 52.2 Å². The highest BCUT2D eigenvalue weighted by Gasteiger charge is 2.41.